The van der Waals surface area contributed by atoms with Gasteiger partial charge in [0, 0.05) is 5.70 Å². The molecular formula is C12H13F3N4O. The minimum absolute atomic E-state index is 0.0513. The lowest BCUT2D eigenvalue weighted by Crippen LogP contribution is -2.58. The Labute approximate surface area is 113 Å². The summed E-state index contributed by atoms with van der Waals surface area (Å²) in [7, 11) is 0. The van der Waals surface area contributed by atoms with Crippen LogP contribution in [-0.4, -0.2) is 24.2 Å². The molecule has 0 bridgehead atoms. The van der Waals surface area contributed by atoms with Gasteiger partial charge in [0.1, 0.15) is 11.8 Å². The number of nitrogens with zero attached hydrogens (tertiary/aromatic N) is 1. The Morgan fingerprint density at radius 2 is 2.15 bits per heavy atom. The third kappa shape index (κ3) is 2.63. The number of halogens is 3. The highest BCUT2D eigenvalue weighted by Gasteiger charge is 2.41. The molecule has 1 aliphatic heterocycles. The van der Waals surface area contributed by atoms with Gasteiger partial charge in [-0.3, -0.25) is 4.79 Å². The van der Waals surface area contributed by atoms with Crippen molar-refractivity contribution in [1.29, 1.82) is 5.26 Å². The van der Waals surface area contributed by atoms with Gasteiger partial charge in [0.15, 0.2) is 0 Å². The summed E-state index contributed by atoms with van der Waals surface area (Å²) in [5, 5.41) is 13.4. The number of carbonyl (C=O) groups excluding carboxylic acids is 1. The standard InChI is InChI=1S/C12H13F3N4O/c13-12(14,15)8-4-7(6-18-9(8)5-16)19-10(20)11(17)2-1-3-11/h4,18H,1-3,6,17H2,(H,19,20). The van der Waals surface area contributed by atoms with E-state index < -0.39 is 28.9 Å². The van der Waals surface area contributed by atoms with Crippen LogP contribution in [0.4, 0.5) is 13.2 Å². The highest BCUT2D eigenvalue weighted by Crippen LogP contribution is 2.32. The van der Waals surface area contributed by atoms with Crippen LogP contribution in [0.3, 0.4) is 0 Å². The van der Waals surface area contributed by atoms with Crippen molar-refractivity contribution in [3.63, 3.8) is 0 Å². The van der Waals surface area contributed by atoms with Crippen molar-refractivity contribution >= 4 is 5.91 Å². The van der Waals surface area contributed by atoms with Gasteiger partial charge in [-0.25, -0.2) is 0 Å². The van der Waals surface area contributed by atoms with Gasteiger partial charge >= 0.3 is 6.18 Å². The summed E-state index contributed by atoms with van der Waals surface area (Å²) >= 11 is 0. The quantitative estimate of drug-likeness (QED) is 0.700. The molecule has 108 valence electrons. The Morgan fingerprint density at radius 3 is 2.60 bits per heavy atom. The molecule has 2 aliphatic rings. The SMILES string of the molecule is N#CC1=C(C(F)(F)F)C=C(NC(=O)C2(N)CCC2)CN1. The summed E-state index contributed by atoms with van der Waals surface area (Å²) in [6, 6.07) is 1.45. The summed E-state index contributed by atoms with van der Waals surface area (Å²) in [6.07, 6.45) is -2.02. The topological polar surface area (TPSA) is 90.9 Å². The number of hydrogen-bond acceptors (Lipinski definition) is 4. The Balaban J connectivity index is 2.18. The maximum absolute atomic E-state index is 12.8. The van der Waals surface area contributed by atoms with Crippen molar-refractivity contribution in [3.05, 3.63) is 23.0 Å². The van der Waals surface area contributed by atoms with E-state index in [0.717, 1.165) is 12.5 Å². The van der Waals surface area contributed by atoms with E-state index in [1.807, 2.05) is 0 Å². The summed E-state index contributed by atoms with van der Waals surface area (Å²) in [5.74, 6) is -0.487. The molecule has 0 radical (unpaired) electrons. The number of hydrogen-bond donors (Lipinski definition) is 3. The van der Waals surface area contributed by atoms with Crippen molar-refractivity contribution in [3.8, 4) is 6.07 Å². The van der Waals surface area contributed by atoms with Crippen LogP contribution in [0.2, 0.25) is 0 Å². The number of nitrogens with two attached hydrogens (primary N) is 1. The molecule has 1 amide bonds. The van der Waals surface area contributed by atoms with E-state index in [-0.39, 0.29) is 12.2 Å². The highest BCUT2D eigenvalue weighted by atomic mass is 19.4. The van der Waals surface area contributed by atoms with Gasteiger partial charge in [-0.1, -0.05) is 0 Å². The molecule has 0 aromatic rings. The number of nitrogens with one attached hydrogen (secondary N) is 2. The van der Waals surface area contributed by atoms with E-state index in [4.69, 9.17) is 11.0 Å². The molecule has 2 rings (SSSR count). The van der Waals surface area contributed by atoms with Crippen molar-refractivity contribution in [2.45, 2.75) is 31.0 Å². The number of carbonyl (C=O) groups is 1. The first kappa shape index (κ1) is 14.4. The fraction of sp³-hybridized carbons (Fsp3) is 0.500. The van der Waals surface area contributed by atoms with Crippen LogP contribution in [0, 0.1) is 11.3 Å². The number of allylic oxidation sites excluding steroid dienone is 3. The van der Waals surface area contributed by atoms with Gasteiger partial charge in [-0.15, -0.1) is 0 Å². The fourth-order valence-corrected chi connectivity index (χ4v) is 2.03. The second-order valence-corrected chi connectivity index (χ2v) is 4.89. The summed E-state index contributed by atoms with van der Waals surface area (Å²) < 4.78 is 38.3. The minimum atomic E-state index is -4.66. The minimum Gasteiger partial charge on any atom is -0.370 e. The number of nitriles is 1. The summed E-state index contributed by atoms with van der Waals surface area (Å²) in [4.78, 5) is 11.9. The van der Waals surface area contributed by atoms with Crippen molar-refractivity contribution < 1.29 is 18.0 Å². The maximum atomic E-state index is 12.8. The van der Waals surface area contributed by atoms with Crippen LogP contribution in [0.1, 0.15) is 19.3 Å². The zero-order chi connectivity index (χ0) is 15.0. The molecule has 1 saturated carbocycles. The zero-order valence-electron chi connectivity index (χ0n) is 10.5. The van der Waals surface area contributed by atoms with Crippen LogP contribution < -0.4 is 16.4 Å². The number of rotatable bonds is 2. The first-order chi connectivity index (χ1) is 9.26. The normalized spacial score (nSPS) is 21.2. The molecule has 1 aliphatic carbocycles. The average Bonchev–Trinajstić information content (AvgIpc) is 2.34. The van der Waals surface area contributed by atoms with Gasteiger partial charge in [0.25, 0.3) is 0 Å². The molecule has 20 heavy (non-hydrogen) atoms. The monoisotopic (exact) mass is 286 g/mol. The molecule has 4 N–H and O–H groups in total. The van der Waals surface area contributed by atoms with Crippen LogP contribution in [0.15, 0.2) is 23.0 Å². The molecule has 1 fully saturated rings. The first-order valence-electron chi connectivity index (χ1n) is 6.02. The molecule has 0 unspecified atom stereocenters. The Hall–Kier alpha value is -2.01. The van der Waals surface area contributed by atoms with E-state index in [2.05, 4.69) is 10.6 Å². The van der Waals surface area contributed by atoms with Crippen LogP contribution in [-0.2, 0) is 4.79 Å². The van der Waals surface area contributed by atoms with Crippen molar-refractivity contribution in [1.82, 2.24) is 10.6 Å². The van der Waals surface area contributed by atoms with Gasteiger partial charge < -0.3 is 16.4 Å². The second-order valence-electron chi connectivity index (χ2n) is 4.89. The zero-order valence-corrected chi connectivity index (χ0v) is 10.5. The molecule has 8 heteroatoms. The summed E-state index contributed by atoms with van der Waals surface area (Å²) in [5.41, 5.74) is 3.21. The third-order valence-corrected chi connectivity index (χ3v) is 3.43. The van der Waals surface area contributed by atoms with Crippen LogP contribution >= 0.6 is 0 Å². The molecular weight excluding hydrogens is 273 g/mol. The highest BCUT2D eigenvalue weighted by molar-refractivity contribution is 5.88. The predicted octanol–water partition coefficient (Wildman–Crippen LogP) is 0.811. The molecule has 0 aromatic carbocycles. The molecule has 0 aromatic heterocycles. The second kappa shape index (κ2) is 4.83. The lowest BCUT2D eigenvalue weighted by atomic mass is 9.77. The molecule has 5 nitrogen and oxygen atoms in total. The molecule has 0 spiro atoms. The fourth-order valence-electron chi connectivity index (χ4n) is 2.03. The van der Waals surface area contributed by atoms with Gasteiger partial charge in [-0.2, -0.15) is 18.4 Å². The van der Waals surface area contributed by atoms with Gasteiger partial charge in [0.2, 0.25) is 5.91 Å². The van der Waals surface area contributed by atoms with Crippen molar-refractivity contribution in [2.24, 2.45) is 5.73 Å². The van der Waals surface area contributed by atoms with Crippen LogP contribution in [0.5, 0.6) is 0 Å². The third-order valence-electron chi connectivity index (χ3n) is 3.43. The summed E-state index contributed by atoms with van der Waals surface area (Å²) in [6.45, 7) is -0.0513. The van der Waals surface area contributed by atoms with E-state index in [0.29, 0.717) is 12.8 Å². The Morgan fingerprint density at radius 1 is 1.50 bits per heavy atom. The van der Waals surface area contributed by atoms with E-state index >= 15 is 0 Å². The van der Waals surface area contributed by atoms with Gasteiger partial charge in [-0.05, 0) is 25.3 Å². The largest absolute Gasteiger partial charge is 0.419 e. The van der Waals surface area contributed by atoms with E-state index in [1.54, 1.807) is 0 Å². The van der Waals surface area contributed by atoms with Gasteiger partial charge in [0.05, 0.1) is 17.7 Å². The lowest BCUT2D eigenvalue weighted by Gasteiger charge is -2.36. The lowest BCUT2D eigenvalue weighted by molar-refractivity contribution is -0.128. The Bertz CT molecular complexity index is 538. The van der Waals surface area contributed by atoms with E-state index in [1.165, 1.54) is 6.07 Å². The average molecular weight is 286 g/mol. The number of dihydropyridines is 1. The maximum Gasteiger partial charge on any atom is 0.419 e. The molecule has 0 saturated heterocycles. The number of amides is 1. The Kier molecular flexibility index (Phi) is 3.48. The molecule has 0 atom stereocenters. The molecule has 1 heterocycles. The van der Waals surface area contributed by atoms with Crippen molar-refractivity contribution in [2.75, 3.05) is 6.54 Å². The van der Waals surface area contributed by atoms with Crippen LogP contribution in [0.25, 0.3) is 0 Å². The van der Waals surface area contributed by atoms with E-state index in [9.17, 15) is 18.0 Å². The number of alkyl halides is 3. The first-order valence-corrected chi connectivity index (χ1v) is 6.02. The predicted molar refractivity (Wildman–Crippen MR) is 63.7 cm³/mol. The smallest absolute Gasteiger partial charge is 0.370 e.